The van der Waals surface area contributed by atoms with Crippen LogP contribution in [0.4, 0.5) is 5.69 Å². The number of morpholine rings is 1. The van der Waals surface area contributed by atoms with Gasteiger partial charge in [-0.2, -0.15) is 0 Å². The molecule has 2 aromatic rings. The second kappa shape index (κ2) is 7.38. The number of nitrogens with zero attached hydrogens (tertiary/aromatic N) is 2. The first kappa shape index (κ1) is 16.3. The summed E-state index contributed by atoms with van der Waals surface area (Å²) < 4.78 is 5.41. The standard InChI is InChI=1S/C21H24N2O2/c24-21(23-10-4-8-18-6-1-2-9-20(18)23)19-7-3-5-17(15-19)16-22-11-13-25-14-12-22/h1-3,5-7,9,15H,4,8,10-14,16H2. The van der Waals surface area contributed by atoms with E-state index < -0.39 is 0 Å². The Morgan fingerprint density at radius 3 is 2.72 bits per heavy atom. The van der Waals surface area contributed by atoms with E-state index in [2.05, 4.69) is 35.2 Å². The molecule has 0 bridgehead atoms. The molecule has 0 radical (unpaired) electrons. The van der Waals surface area contributed by atoms with Crippen molar-refractivity contribution >= 4 is 11.6 Å². The first-order chi connectivity index (χ1) is 12.3. The summed E-state index contributed by atoms with van der Waals surface area (Å²) >= 11 is 0. The minimum absolute atomic E-state index is 0.107. The van der Waals surface area contributed by atoms with Crippen molar-refractivity contribution < 1.29 is 9.53 Å². The number of benzene rings is 2. The van der Waals surface area contributed by atoms with Crippen LogP contribution < -0.4 is 4.90 Å². The maximum atomic E-state index is 13.1. The molecule has 1 saturated heterocycles. The van der Waals surface area contributed by atoms with E-state index in [1.54, 1.807) is 0 Å². The molecule has 4 rings (SSSR count). The number of hydrogen-bond donors (Lipinski definition) is 0. The van der Waals surface area contributed by atoms with Crippen LogP contribution in [-0.4, -0.2) is 43.7 Å². The number of hydrogen-bond acceptors (Lipinski definition) is 3. The number of amides is 1. The Balaban J connectivity index is 1.54. The Morgan fingerprint density at radius 1 is 1.00 bits per heavy atom. The van der Waals surface area contributed by atoms with Crippen molar-refractivity contribution in [2.45, 2.75) is 19.4 Å². The molecule has 0 aromatic heterocycles. The molecule has 1 amide bonds. The quantitative estimate of drug-likeness (QED) is 0.863. The van der Waals surface area contributed by atoms with E-state index >= 15 is 0 Å². The van der Waals surface area contributed by atoms with Gasteiger partial charge in [0.25, 0.3) is 5.91 Å². The van der Waals surface area contributed by atoms with E-state index in [1.165, 1.54) is 11.1 Å². The molecule has 4 nitrogen and oxygen atoms in total. The van der Waals surface area contributed by atoms with Crippen LogP contribution in [0.1, 0.15) is 27.9 Å². The van der Waals surface area contributed by atoms with Crippen LogP contribution in [0.15, 0.2) is 48.5 Å². The number of fused-ring (bicyclic) bond motifs is 1. The summed E-state index contributed by atoms with van der Waals surface area (Å²) in [6.45, 7) is 5.17. The average molecular weight is 336 g/mol. The summed E-state index contributed by atoms with van der Waals surface area (Å²) in [5.74, 6) is 0.107. The van der Waals surface area contributed by atoms with Crippen molar-refractivity contribution in [1.29, 1.82) is 0 Å². The molecule has 25 heavy (non-hydrogen) atoms. The highest BCUT2D eigenvalue weighted by molar-refractivity contribution is 6.06. The van der Waals surface area contributed by atoms with Crippen LogP contribution in [0.25, 0.3) is 0 Å². The topological polar surface area (TPSA) is 32.8 Å². The summed E-state index contributed by atoms with van der Waals surface area (Å²) in [7, 11) is 0. The van der Waals surface area contributed by atoms with Gasteiger partial charge in [0.15, 0.2) is 0 Å². The molecule has 0 saturated carbocycles. The van der Waals surface area contributed by atoms with Gasteiger partial charge in [0.05, 0.1) is 13.2 Å². The average Bonchev–Trinajstić information content (AvgIpc) is 2.68. The van der Waals surface area contributed by atoms with Crippen LogP contribution in [0, 0.1) is 0 Å². The third kappa shape index (κ3) is 3.60. The monoisotopic (exact) mass is 336 g/mol. The largest absolute Gasteiger partial charge is 0.379 e. The van der Waals surface area contributed by atoms with Crippen molar-refractivity contribution in [2.75, 3.05) is 37.7 Å². The molecule has 4 heteroatoms. The van der Waals surface area contributed by atoms with E-state index in [4.69, 9.17) is 4.74 Å². The summed E-state index contributed by atoms with van der Waals surface area (Å²) in [5.41, 5.74) is 4.31. The Bertz CT molecular complexity index is 753. The fourth-order valence-corrected chi connectivity index (χ4v) is 3.72. The molecule has 0 spiro atoms. The molecule has 2 aliphatic rings. The molecule has 0 N–H and O–H groups in total. The zero-order chi connectivity index (χ0) is 17.1. The van der Waals surface area contributed by atoms with E-state index in [0.717, 1.165) is 63.5 Å². The minimum atomic E-state index is 0.107. The molecule has 2 heterocycles. The van der Waals surface area contributed by atoms with E-state index in [-0.39, 0.29) is 5.91 Å². The second-order valence-electron chi connectivity index (χ2n) is 6.78. The first-order valence-electron chi connectivity index (χ1n) is 9.10. The normalized spacial score (nSPS) is 18.0. The Hall–Kier alpha value is -2.17. The number of anilines is 1. The highest BCUT2D eigenvalue weighted by Crippen LogP contribution is 2.28. The Kier molecular flexibility index (Phi) is 4.81. The molecule has 1 fully saturated rings. The van der Waals surface area contributed by atoms with Gasteiger partial charge in [-0.05, 0) is 42.2 Å². The van der Waals surface area contributed by atoms with Crippen LogP contribution >= 0.6 is 0 Å². The highest BCUT2D eigenvalue weighted by atomic mass is 16.5. The van der Waals surface area contributed by atoms with Gasteiger partial charge in [0, 0.05) is 37.4 Å². The van der Waals surface area contributed by atoms with Crippen molar-refractivity contribution in [3.05, 3.63) is 65.2 Å². The van der Waals surface area contributed by atoms with E-state index in [0.29, 0.717) is 0 Å². The summed E-state index contributed by atoms with van der Waals surface area (Å²) in [6.07, 6.45) is 2.08. The fraction of sp³-hybridized carbons (Fsp3) is 0.381. The predicted molar refractivity (Wildman–Crippen MR) is 99.0 cm³/mol. The predicted octanol–water partition coefficient (Wildman–Crippen LogP) is 3.11. The van der Waals surface area contributed by atoms with Gasteiger partial charge in [0.1, 0.15) is 0 Å². The van der Waals surface area contributed by atoms with E-state index in [9.17, 15) is 4.79 Å². The van der Waals surface area contributed by atoms with Crippen LogP contribution in [0.2, 0.25) is 0 Å². The van der Waals surface area contributed by atoms with Gasteiger partial charge in [0.2, 0.25) is 0 Å². The number of rotatable bonds is 3. The van der Waals surface area contributed by atoms with Crippen molar-refractivity contribution in [3.8, 4) is 0 Å². The third-order valence-corrected chi connectivity index (χ3v) is 5.04. The smallest absolute Gasteiger partial charge is 0.258 e. The van der Waals surface area contributed by atoms with Crippen molar-refractivity contribution in [2.24, 2.45) is 0 Å². The molecular weight excluding hydrogens is 312 g/mol. The maximum absolute atomic E-state index is 13.1. The molecule has 130 valence electrons. The van der Waals surface area contributed by atoms with Gasteiger partial charge in [-0.3, -0.25) is 9.69 Å². The van der Waals surface area contributed by atoms with Gasteiger partial charge >= 0.3 is 0 Å². The van der Waals surface area contributed by atoms with Gasteiger partial charge in [-0.1, -0.05) is 30.3 Å². The zero-order valence-corrected chi connectivity index (χ0v) is 14.5. The number of carbonyl (C=O) groups is 1. The molecule has 0 unspecified atom stereocenters. The van der Waals surface area contributed by atoms with Crippen LogP contribution in [0.3, 0.4) is 0 Å². The lowest BCUT2D eigenvalue weighted by Crippen LogP contribution is -2.36. The lowest BCUT2D eigenvalue weighted by Gasteiger charge is -2.30. The maximum Gasteiger partial charge on any atom is 0.258 e. The highest BCUT2D eigenvalue weighted by Gasteiger charge is 2.23. The number of carbonyl (C=O) groups excluding carboxylic acids is 1. The number of aryl methyl sites for hydroxylation is 1. The summed E-state index contributed by atoms with van der Waals surface area (Å²) in [5, 5.41) is 0. The third-order valence-electron chi connectivity index (χ3n) is 5.04. The minimum Gasteiger partial charge on any atom is -0.379 e. The first-order valence-corrected chi connectivity index (χ1v) is 9.10. The second-order valence-corrected chi connectivity index (χ2v) is 6.78. The Labute approximate surface area is 149 Å². The lowest BCUT2D eigenvalue weighted by molar-refractivity contribution is 0.0342. The zero-order valence-electron chi connectivity index (χ0n) is 14.5. The van der Waals surface area contributed by atoms with Crippen molar-refractivity contribution in [3.63, 3.8) is 0 Å². The molecule has 0 aliphatic carbocycles. The number of para-hydroxylation sites is 1. The molecule has 0 atom stereocenters. The SMILES string of the molecule is O=C(c1cccc(CN2CCOCC2)c1)N1CCCc2ccccc21. The Morgan fingerprint density at radius 2 is 1.84 bits per heavy atom. The van der Waals surface area contributed by atoms with E-state index in [1.807, 2.05) is 23.1 Å². The molecule has 2 aromatic carbocycles. The lowest BCUT2D eigenvalue weighted by atomic mass is 10.0. The van der Waals surface area contributed by atoms with Gasteiger partial charge < -0.3 is 9.64 Å². The van der Waals surface area contributed by atoms with Crippen molar-refractivity contribution in [1.82, 2.24) is 4.90 Å². The summed E-state index contributed by atoms with van der Waals surface area (Å²) in [4.78, 5) is 17.4. The molecule has 2 aliphatic heterocycles. The van der Waals surface area contributed by atoms with Gasteiger partial charge in [-0.15, -0.1) is 0 Å². The molecular formula is C21H24N2O2. The summed E-state index contributed by atoms with van der Waals surface area (Å²) in [6, 6.07) is 16.3. The van der Waals surface area contributed by atoms with Gasteiger partial charge in [-0.25, -0.2) is 0 Å². The van der Waals surface area contributed by atoms with Crippen LogP contribution in [0.5, 0.6) is 0 Å². The number of ether oxygens (including phenoxy) is 1. The van der Waals surface area contributed by atoms with Crippen LogP contribution in [-0.2, 0) is 17.7 Å². The fourth-order valence-electron chi connectivity index (χ4n) is 3.72.